The van der Waals surface area contributed by atoms with Gasteiger partial charge in [0.25, 0.3) is 5.91 Å². The van der Waals surface area contributed by atoms with Crippen LogP contribution in [-0.4, -0.2) is 42.9 Å². The molecule has 0 spiro atoms. The molecule has 1 heterocycles. The highest BCUT2D eigenvalue weighted by atomic mass is 32.2. The first-order valence-corrected chi connectivity index (χ1v) is 8.33. The summed E-state index contributed by atoms with van der Waals surface area (Å²) in [6.45, 7) is 3.78. The molecule has 0 radical (unpaired) electrons. The van der Waals surface area contributed by atoms with Crippen LogP contribution < -0.4 is 5.32 Å². The molecule has 0 aliphatic heterocycles. The summed E-state index contributed by atoms with van der Waals surface area (Å²) in [4.78, 5) is 12.2. The van der Waals surface area contributed by atoms with Gasteiger partial charge in [0, 0.05) is 25.6 Å². The maximum absolute atomic E-state index is 12.1. The average molecular weight is 338 g/mol. The summed E-state index contributed by atoms with van der Waals surface area (Å²) >= 11 is 0. The summed E-state index contributed by atoms with van der Waals surface area (Å²) in [5, 5.41) is 10.0. The fourth-order valence-corrected chi connectivity index (χ4v) is 2.58. The average Bonchev–Trinajstić information content (AvgIpc) is 2.96. The molecule has 1 aromatic carbocycles. The molecule has 0 fully saturated rings. The van der Waals surface area contributed by atoms with E-state index in [0.717, 1.165) is 4.31 Å². The molecule has 1 N–H and O–H groups in total. The van der Waals surface area contributed by atoms with Gasteiger partial charge in [-0.1, -0.05) is 18.9 Å². The van der Waals surface area contributed by atoms with Gasteiger partial charge in [0.1, 0.15) is 0 Å². The van der Waals surface area contributed by atoms with Gasteiger partial charge in [-0.2, -0.15) is 0 Å². The van der Waals surface area contributed by atoms with Gasteiger partial charge in [0.05, 0.1) is 4.90 Å². The molecule has 9 heteroatoms. The highest BCUT2D eigenvalue weighted by Gasteiger charge is 2.18. The van der Waals surface area contributed by atoms with Gasteiger partial charge in [-0.3, -0.25) is 10.1 Å². The number of benzene rings is 1. The maximum atomic E-state index is 12.1. The molecule has 2 rings (SSSR count). The monoisotopic (exact) mass is 338 g/mol. The molecule has 124 valence electrons. The Morgan fingerprint density at radius 3 is 2.26 bits per heavy atom. The standard InChI is InChI=1S/C14H18N4O4S/c1-9(2)13-16-17-14(22-13)15-12(19)10-5-7-11(8-6-10)23(20,21)18(3)4/h5-9H,1-4H3,(H,15,17,19). The lowest BCUT2D eigenvalue weighted by atomic mass is 10.2. The fourth-order valence-electron chi connectivity index (χ4n) is 1.68. The third-order valence-corrected chi connectivity index (χ3v) is 4.88. The topological polar surface area (TPSA) is 105 Å². The van der Waals surface area contributed by atoms with Gasteiger partial charge >= 0.3 is 6.01 Å². The first-order valence-electron chi connectivity index (χ1n) is 6.89. The summed E-state index contributed by atoms with van der Waals surface area (Å²) in [5.74, 6) is 0.0224. The van der Waals surface area contributed by atoms with E-state index >= 15 is 0 Å². The maximum Gasteiger partial charge on any atom is 0.322 e. The number of sulfonamides is 1. The van der Waals surface area contributed by atoms with Crippen molar-refractivity contribution in [2.45, 2.75) is 24.7 Å². The Hall–Kier alpha value is -2.26. The number of hydrogen-bond acceptors (Lipinski definition) is 6. The van der Waals surface area contributed by atoms with Crippen molar-refractivity contribution in [3.63, 3.8) is 0 Å². The molecule has 0 atom stereocenters. The van der Waals surface area contributed by atoms with Gasteiger partial charge in [0.2, 0.25) is 15.9 Å². The third kappa shape index (κ3) is 3.74. The van der Waals surface area contributed by atoms with Gasteiger partial charge < -0.3 is 4.42 Å². The van der Waals surface area contributed by atoms with Crippen LogP contribution in [0.5, 0.6) is 0 Å². The zero-order valence-corrected chi connectivity index (χ0v) is 14.1. The van der Waals surface area contributed by atoms with E-state index < -0.39 is 15.9 Å². The fraction of sp³-hybridized carbons (Fsp3) is 0.357. The van der Waals surface area contributed by atoms with Gasteiger partial charge in [-0.25, -0.2) is 12.7 Å². The number of nitrogens with zero attached hydrogens (tertiary/aromatic N) is 3. The lowest BCUT2D eigenvalue weighted by Crippen LogP contribution is -2.22. The molecule has 0 aliphatic carbocycles. The minimum Gasteiger partial charge on any atom is -0.408 e. The van der Waals surface area contributed by atoms with E-state index in [9.17, 15) is 13.2 Å². The molecule has 1 amide bonds. The first-order chi connectivity index (χ1) is 10.7. The SMILES string of the molecule is CC(C)c1nnc(NC(=O)c2ccc(S(=O)(=O)N(C)C)cc2)o1. The van der Waals surface area contributed by atoms with E-state index in [1.807, 2.05) is 13.8 Å². The lowest BCUT2D eigenvalue weighted by Gasteiger charge is -2.11. The normalized spacial score (nSPS) is 11.9. The van der Waals surface area contributed by atoms with E-state index in [2.05, 4.69) is 15.5 Å². The van der Waals surface area contributed by atoms with Crippen molar-refractivity contribution in [1.82, 2.24) is 14.5 Å². The summed E-state index contributed by atoms with van der Waals surface area (Å²) < 4.78 is 30.3. The number of carbonyl (C=O) groups is 1. The summed E-state index contributed by atoms with van der Waals surface area (Å²) in [5.41, 5.74) is 0.284. The van der Waals surface area contributed by atoms with Gasteiger partial charge in [0.15, 0.2) is 0 Å². The number of hydrogen-bond donors (Lipinski definition) is 1. The molecular weight excluding hydrogens is 320 g/mol. The van der Waals surface area contributed by atoms with Crippen LogP contribution in [0.25, 0.3) is 0 Å². The predicted octanol–water partition coefficient (Wildman–Crippen LogP) is 1.70. The van der Waals surface area contributed by atoms with E-state index in [1.165, 1.54) is 38.4 Å². The van der Waals surface area contributed by atoms with Gasteiger partial charge in [-0.15, -0.1) is 5.10 Å². The van der Waals surface area contributed by atoms with Crippen molar-refractivity contribution in [2.24, 2.45) is 0 Å². The number of anilines is 1. The van der Waals surface area contributed by atoms with E-state index in [-0.39, 0.29) is 22.4 Å². The minimum atomic E-state index is -3.52. The molecule has 2 aromatic rings. The molecule has 0 aliphatic rings. The minimum absolute atomic E-state index is 0.00342. The Bertz CT molecular complexity index is 794. The quantitative estimate of drug-likeness (QED) is 0.889. The molecule has 0 saturated heterocycles. The van der Waals surface area contributed by atoms with Crippen LogP contribution in [0.15, 0.2) is 33.6 Å². The highest BCUT2D eigenvalue weighted by molar-refractivity contribution is 7.89. The smallest absolute Gasteiger partial charge is 0.322 e. The van der Waals surface area contributed by atoms with Crippen LogP contribution in [0, 0.1) is 0 Å². The van der Waals surface area contributed by atoms with Crippen LogP contribution in [0.3, 0.4) is 0 Å². The van der Waals surface area contributed by atoms with Gasteiger partial charge in [-0.05, 0) is 24.3 Å². The summed E-state index contributed by atoms with van der Waals surface area (Å²) in [7, 11) is -0.639. The second kappa shape index (κ2) is 6.47. The molecule has 0 unspecified atom stereocenters. The molecular formula is C14H18N4O4S. The van der Waals surface area contributed by atoms with Crippen molar-refractivity contribution in [1.29, 1.82) is 0 Å². The number of nitrogens with one attached hydrogen (secondary N) is 1. The number of amides is 1. The zero-order valence-electron chi connectivity index (χ0n) is 13.3. The van der Waals surface area contributed by atoms with Crippen molar-refractivity contribution in [2.75, 3.05) is 19.4 Å². The predicted molar refractivity (Wildman–Crippen MR) is 83.7 cm³/mol. The third-order valence-electron chi connectivity index (χ3n) is 3.05. The van der Waals surface area contributed by atoms with Crippen LogP contribution in [0.4, 0.5) is 6.01 Å². The molecule has 0 saturated carbocycles. The Morgan fingerprint density at radius 1 is 1.17 bits per heavy atom. The molecule has 0 bridgehead atoms. The van der Waals surface area contributed by atoms with Crippen LogP contribution >= 0.6 is 0 Å². The van der Waals surface area contributed by atoms with Crippen molar-refractivity contribution in [3.8, 4) is 0 Å². The number of aromatic nitrogens is 2. The lowest BCUT2D eigenvalue weighted by molar-refractivity contribution is 0.102. The van der Waals surface area contributed by atoms with E-state index in [1.54, 1.807) is 0 Å². The number of rotatable bonds is 5. The van der Waals surface area contributed by atoms with Crippen LogP contribution in [-0.2, 0) is 10.0 Å². The Kier molecular flexibility index (Phi) is 4.81. The Morgan fingerprint density at radius 2 is 1.78 bits per heavy atom. The van der Waals surface area contributed by atoms with Crippen LogP contribution in [0.1, 0.15) is 36.0 Å². The molecule has 8 nitrogen and oxygen atoms in total. The largest absolute Gasteiger partial charge is 0.408 e. The van der Waals surface area contributed by atoms with E-state index in [0.29, 0.717) is 5.89 Å². The Balaban J connectivity index is 2.14. The van der Waals surface area contributed by atoms with Crippen molar-refractivity contribution < 1.29 is 17.6 Å². The van der Waals surface area contributed by atoms with Crippen LogP contribution in [0.2, 0.25) is 0 Å². The number of carbonyl (C=O) groups excluding carboxylic acids is 1. The summed E-state index contributed by atoms with van der Waals surface area (Å²) in [6, 6.07) is 5.59. The first kappa shape index (κ1) is 17.1. The van der Waals surface area contributed by atoms with Crippen molar-refractivity contribution in [3.05, 3.63) is 35.7 Å². The second-order valence-corrected chi connectivity index (χ2v) is 7.52. The highest BCUT2D eigenvalue weighted by Crippen LogP contribution is 2.17. The molecule has 23 heavy (non-hydrogen) atoms. The van der Waals surface area contributed by atoms with E-state index in [4.69, 9.17) is 4.42 Å². The summed E-state index contributed by atoms with van der Waals surface area (Å²) in [6.07, 6.45) is 0. The zero-order chi connectivity index (χ0) is 17.2. The molecule has 1 aromatic heterocycles. The Labute approximate surface area is 134 Å². The second-order valence-electron chi connectivity index (χ2n) is 5.37. The van der Waals surface area contributed by atoms with Crippen molar-refractivity contribution >= 4 is 21.9 Å².